The van der Waals surface area contributed by atoms with Crippen LogP contribution in [0.2, 0.25) is 0 Å². The van der Waals surface area contributed by atoms with Crippen molar-refractivity contribution in [1.29, 1.82) is 0 Å². The van der Waals surface area contributed by atoms with E-state index < -0.39 is 18.5 Å². The number of benzene rings is 1. The largest absolute Gasteiger partial charge is 0.341 e. The highest BCUT2D eigenvalue weighted by molar-refractivity contribution is 6.03. The predicted molar refractivity (Wildman–Crippen MR) is 79.7 cm³/mol. The minimum Gasteiger partial charge on any atom is -0.289 e. The van der Waals surface area contributed by atoms with Crippen LogP contribution in [-0.2, 0) is 9.59 Å². The fraction of sp³-hybridized carbons (Fsp3) is 0.267. The van der Waals surface area contributed by atoms with E-state index in [2.05, 4.69) is 5.43 Å². The van der Waals surface area contributed by atoms with Gasteiger partial charge in [0.2, 0.25) is 6.29 Å². The van der Waals surface area contributed by atoms with Crippen molar-refractivity contribution in [3.05, 3.63) is 42.0 Å². The second kappa shape index (κ2) is 8.65. The van der Waals surface area contributed by atoms with Crippen LogP contribution in [0.4, 0.5) is 4.79 Å². The molecule has 1 rings (SSSR count). The fourth-order valence-electron chi connectivity index (χ4n) is 1.66. The number of nitrogens with one attached hydrogen (secondary N) is 1. The first kappa shape index (κ1) is 16.6. The molecule has 1 N–H and O–H groups in total. The van der Waals surface area contributed by atoms with Gasteiger partial charge in [0.05, 0.1) is 6.54 Å². The van der Waals surface area contributed by atoms with Crippen LogP contribution in [0.25, 0.3) is 6.08 Å². The van der Waals surface area contributed by atoms with E-state index in [0.717, 1.165) is 10.5 Å². The number of imide groups is 1. The molecular weight excluding hydrogens is 270 g/mol. The topological polar surface area (TPSA) is 69.7 Å². The van der Waals surface area contributed by atoms with E-state index >= 15 is 0 Å². The third-order valence-electron chi connectivity index (χ3n) is 2.75. The first-order valence-electron chi connectivity index (χ1n) is 6.52. The van der Waals surface area contributed by atoms with E-state index in [1.54, 1.807) is 26.3 Å². The maximum atomic E-state index is 12.1. The number of nitrogens with zero attached hydrogens (tertiary/aromatic N) is 2. The molecule has 0 heterocycles. The van der Waals surface area contributed by atoms with Crippen molar-refractivity contribution in [3.63, 3.8) is 0 Å². The molecule has 0 unspecified atom stereocenters. The molecular formula is C15H18N3O3. The number of hydrogen-bond acceptors (Lipinski definition) is 4. The zero-order chi connectivity index (χ0) is 15.7. The molecule has 0 saturated carbocycles. The molecule has 0 bridgehead atoms. The number of carbonyl (C=O) groups is 2. The third kappa shape index (κ3) is 4.85. The Balaban J connectivity index is 2.85. The molecule has 6 nitrogen and oxygen atoms in total. The van der Waals surface area contributed by atoms with Crippen LogP contribution in [0.15, 0.2) is 36.4 Å². The smallest absolute Gasteiger partial charge is 0.289 e. The Hall–Kier alpha value is -2.47. The Labute approximate surface area is 124 Å². The van der Waals surface area contributed by atoms with Crippen molar-refractivity contribution in [3.8, 4) is 0 Å². The standard InChI is InChI=1S/C15H18N3O3/c1-3-18(16-2)15(21)17(11-12-19)14(20)10-9-13-7-5-4-6-8-13/h4-10,16H,3,11H2,1-2H3. The van der Waals surface area contributed by atoms with Crippen LogP contribution >= 0.6 is 0 Å². The Morgan fingerprint density at radius 1 is 1.29 bits per heavy atom. The van der Waals surface area contributed by atoms with Crippen molar-refractivity contribution in [2.75, 3.05) is 20.1 Å². The van der Waals surface area contributed by atoms with E-state index in [-0.39, 0.29) is 0 Å². The quantitative estimate of drug-likeness (QED) is 0.631. The number of rotatable bonds is 6. The summed E-state index contributed by atoms with van der Waals surface area (Å²) < 4.78 is 0. The SMILES string of the molecule is CCN(NC)C(=O)N(C[C]=O)C(=O)C=Cc1ccccc1. The fourth-order valence-corrected chi connectivity index (χ4v) is 1.66. The zero-order valence-electron chi connectivity index (χ0n) is 12.1. The van der Waals surface area contributed by atoms with Gasteiger partial charge in [-0.25, -0.2) is 10.2 Å². The summed E-state index contributed by atoms with van der Waals surface area (Å²) in [6.45, 7) is 1.71. The van der Waals surface area contributed by atoms with Gasteiger partial charge in [-0.05, 0) is 18.6 Å². The highest BCUT2D eigenvalue weighted by atomic mass is 16.2. The Kier molecular flexibility index (Phi) is 6.83. The molecule has 0 aliphatic carbocycles. The van der Waals surface area contributed by atoms with E-state index in [4.69, 9.17) is 0 Å². The summed E-state index contributed by atoms with van der Waals surface area (Å²) in [5.74, 6) is -0.569. The summed E-state index contributed by atoms with van der Waals surface area (Å²) >= 11 is 0. The van der Waals surface area contributed by atoms with Gasteiger partial charge in [-0.1, -0.05) is 30.3 Å². The van der Waals surface area contributed by atoms with Crippen molar-refractivity contribution < 1.29 is 14.4 Å². The normalized spacial score (nSPS) is 10.4. The van der Waals surface area contributed by atoms with E-state index in [0.29, 0.717) is 6.54 Å². The molecule has 1 aromatic rings. The summed E-state index contributed by atoms with van der Waals surface area (Å²) in [5.41, 5.74) is 3.48. The molecule has 0 fully saturated rings. The molecule has 1 aromatic carbocycles. The molecule has 3 amide bonds. The second-order valence-corrected chi connectivity index (χ2v) is 4.06. The molecule has 0 aromatic heterocycles. The summed E-state index contributed by atoms with van der Waals surface area (Å²) in [4.78, 5) is 35.6. The highest BCUT2D eigenvalue weighted by Gasteiger charge is 2.23. The van der Waals surface area contributed by atoms with Crippen LogP contribution in [0.1, 0.15) is 12.5 Å². The summed E-state index contributed by atoms with van der Waals surface area (Å²) in [6, 6.07) is 8.60. The minimum atomic E-state index is -0.592. The molecule has 6 heteroatoms. The van der Waals surface area contributed by atoms with Crippen LogP contribution in [0.3, 0.4) is 0 Å². The van der Waals surface area contributed by atoms with Crippen LogP contribution in [0.5, 0.6) is 0 Å². The third-order valence-corrected chi connectivity index (χ3v) is 2.75. The number of carbonyl (C=O) groups excluding carboxylic acids is 3. The number of hydrazine groups is 1. The molecule has 21 heavy (non-hydrogen) atoms. The minimum absolute atomic E-state index is 0.361. The Bertz CT molecular complexity index is 510. The van der Waals surface area contributed by atoms with Gasteiger partial charge in [-0.2, -0.15) is 0 Å². The molecule has 1 radical (unpaired) electrons. The lowest BCUT2D eigenvalue weighted by Gasteiger charge is -2.25. The Morgan fingerprint density at radius 2 is 1.95 bits per heavy atom. The van der Waals surface area contributed by atoms with Gasteiger partial charge in [-0.15, -0.1) is 0 Å². The summed E-state index contributed by atoms with van der Waals surface area (Å²) in [5, 5.41) is 1.23. The molecule has 0 saturated heterocycles. The first-order valence-corrected chi connectivity index (χ1v) is 6.52. The lowest BCUT2D eigenvalue weighted by molar-refractivity contribution is -0.123. The second-order valence-electron chi connectivity index (χ2n) is 4.06. The maximum Gasteiger partial charge on any atom is 0.341 e. The Morgan fingerprint density at radius 3 is 2.48 bits per heavy atom. The van der Waals surface area contributed by atoms with Gasteiger partial charge in [0.25, 0.3) is 5.91 Å². The van der Waals surface area contributed by atoms with Crippen molar-refractivity contribution in [2.45, 2.75) is 6.92 Å². The predicted octanol–water partition coefficient (Wildman–Crippen LogP) is 1.21. The summed E-state index contributed by atoms with van der Waals surface area (Å²) in [6.07, 6.45) is 4.42. The van der Waals surface area contributed by atoms with Gasteiger partial charge >= 0.3 is 6.03 Å². The van der Waals surface area contributed by atoms with Gasteiger partial charge in [0.15, 0.2) is 0 Å². The average Bonchev–Trinajstić information content (AvgIpc) is 2.52. The average molecular weight is 288 g/mol. The number of urea groups is 1. The lowest BCUT2D eigenvalue weighted by atomic mass is 10.2. The van der Waals surface area contributed by atoms with E-state index in [1.807, 2.05) is 30.3 Å². The van der Waals surface area contributed by atoms with Crippen LogP contribution < -0.4 is 5.43 Å². The number of amides is 3. The van der Waals surface area contributed by atoms with Gasteiger partial charge in [0, 0.05) is 19.7 Å². The summed E-state index contributed by atoms with van der Waals surface area (Å²) in [7, 11) is 1.56. The van der Waals surface area contributed by atoms with E-state index in [9.17, 15) is 14.4 Å². The lowest BCUT2D eigenvalue weighted by Crippen LogP contribution is -2.50. The van der Waals surface area contributed by atoms with Gasteiger partial charge in [-0.3, -0.25) is 19.5 Å². The van der Waals surface area contributed by atoms with E-state index in [1.165, 1.54) is 11.1 Å². The molecule has 0 atom stereocenters. The van der Waals surface area contributed by atoms with Crippen LogP contribution in [-0.4, -0.2) is 48.3 Å². The number of hydrogen-bond donors (Lipinski definition) is 1. The van der Waals surface area contributed by atoms with Crippen molar-refractivity contribution >= 4 is 24.3 Å². The maximum absolute atomic E-state index is 12.1. The molecule has 0 aliphatic rings. The van der Waals surface area contributed by atoms with Crippen LogP contribution in [0, 0.1) is 0 Å². The molecule has 0 spiro atoms. The molecule has 111 valence electrons. The van der Waals surface area contributed by atoms with Gasteiger partial charge < -0.3 is 0 Å². The van der Waals surface area contributed by atoms with Crippen molar-refractivity contribution in [2.24, 2.45) is 0 Å². The molecule has 0 aliphatic heterocycles. The first-order chi connectivity index (χ1) is 10.1. The van der Waals surface area contributed by atoms with Gasteiger partial charge in [0.1, 0.15) is 0 Å². The highest BCUT2D eigenvalue weighted by Crippen LogP contribution is 2.03. The monoisotopic (exact) mass is 288 g/mol. The zero-order valence-corrected chi connectivity index (χ0v) is 12.1. The van der Waals surface area contributed by atoms with Crippen molar-refractivity contribution in [1.82, 2.24) is 15.3 Å².